The van der Waals surface area contributed by atoms with Crippen LogP contribution >= 0.6 is 0 Å². The number of carbonyl (C=O) groups is 1. The molecule has 0 bridgehead atoms. The van der Waals surface area contributed by atoms with E-state index in [1.807, 2.05) is 11.5 Å². The Hall–Kier alpha value is -2.62. The molecule has 4 rings (SSSR count). The fourth-order valence-electron chi connectivity index (χ4n) is 5.75. The largest absolute Gasteiger partial charge is 0.318 e. The number of hydrogen-bond donors (Lipinski definition) is 0. The quantitative estimate of drug-likeness (QED) is 0.419. The molecule has 7 heteroatoms. The third kappa shape index (κ3) is 3.66. The smallest absolute Gasteiger partial charge is 0.253 e. The third-order valence-electron chi connectivity index (χ3n) is 8.52. The number of fused-ring (bicyclic) bond motifs is 1. The van der Waals surface area contributed by atoms with Crippen LogP contribution in [0, 0.1) is 28.5 Å². The van der Waals surface area contributed by atoms with Crippen LogP contribution in [0.3, 0.4) is 0 Å². The first kappa shape index (κ1) is 24.5. The van der Waals surface area contributed by atoms with Gasteiger partial charge in [0.1, 0.15) is 17.1 Å². The number of rotatable bonds is 8. The van der Waals surface area contributed by atoms with E-state index in [0.29, 0.717) is 29.7 Å². The SMILES string of the molecule is CCc1c(C#N)cc(F)c2nc(/C=C/CC(=O)CC3CC(F)(F)C3(C)CC)n(C3(C)CCC3)c12. The van der Waals surface area contributed by atoms with Crippen LogP contribution < -0.4 is 0 Å². The van der Waals surface area contributed by atoms with E-state index in [1.165, 1.54) is 6.07 Å². The minimum Gasteiger partial charge on any atom is -0.318 e. The van der Waals surface area contributed by atoms with Gasteiger partial charge in [-0.2, -0.15) is 5.26 Å². The molecule has 0 saturated heterocycles. The zero-order chi connectivity index (χ0) is 24.9. The standard InChI is InChI=1S/C27H32F3N3O/c1-5-20-17(16-31)13-21(28)23-24(20)33(25(3)11-8-12-25)22(32-23)10-7-9-19(34)14-18-15-27(29,30)26(18,4)6-2/h7,10,13,18H,5-6,8-9,11-12,14-15H2,1-4H3/b10-7+. The number of aromatic nitrogens is 2. The molecule has 182 valence electrons. The summed E-state index contributed by atoms with van der Waals surface area (Å²) in [7, 11) is 0. The minimum absolute atomic E-state index is 0.0823. The summed E-state index contributed by atoms with van der Waals surface area (Å²) in [5.74, 6) is -3.07. The summed E-state index contributed by atoms with van der Waals surface area (Å²) >= 11 is 0. The Labute approximate surface area is 198 Å². The van der Waals surface area contributed by atoms with Crippen LogP contribution in [0.1, 0.15) is 89.6 Å². The van der Waals surface area contributed by atoms with Gasteiger partial charge in [-0.05, 0) is 62.7 Å². The summed E-state index contributed by atoms with van der Waals surface area (Å²) in [4.78, 5) is 17.2. The molecule has 0 spiro atoms. The number of allylic oxidation sites excluding steroid dienone is 1. The predicted octanol–water partition coefficient (Wildman–Crippen LogP) is 6.94. The van der Waals surface area contributed by atoms with Crippen molar-refractivity contribution in [2.75, 3.05) is 0 Å². The molecule has 0 amide bonds. The zero-order valence-corrected chi connectivity index (χ0v) is 20.4. The molecule has 0 radical (unpaired) electrons. The normalized spacial score (nSPS) is 25.2. The summed E-state index contributed by atoms with van der Waals surface area (Å²) in [5.41, 5.74) is 0.640. The second kappa shape index (κ2) is 8.55. The van der Waals surface area contributed by atoms with Gasteiger partial charge in [0.25, 0.3) is 5.92 Å². The van der Waals surface area contributed by atoms with Gasteiger partial charge in [0.15, 0.2) is 5.82 Å². The Balaban J connectivity index is 1.62. The number of nitrogens with zero attached hydrogens (tertiary/aromatic N) is 3. The van der Waals surface area contributed by atoms with Gasteiger partial charge in [-0.25, -0.2) is 18.2 Å². The molecule has 0 aliphatic heterocycles. The predicted molar refractivity (Wildman–Crippen MR) is 126 cm³/mol. The van der Waals surface area contributed by atoms with Crippen LogP contribution in [0.25, 0.3) is 17.1 Å². The number of nitriles is 1. The van der Waals surface area contributed by atoms with Gasteiger partial charge >= 0.3 is 0 Å². The van der Waals surface area contributed by atoms with Crippen molar-refractivity contribution in [3.05, 3.63) is 34.9 Å². The van der Waals surface area contributed by atoms with Crippen molar-refractivity contribution in [1.29, 1.82) is 5.26 Å². The van der Waals surface area contributed by atoms with Gasteiger partial charge in [0.05, 0.1) is 17.1 Å². The lowest BCUT2D eigenvalue weighted by Gasteiger charge is -2.53. The Morgan fingerprint density at radius 1 is 1.32 bits per heavy atom. The van der Waals surface area contributed by atoms with Gasteiger partial charge in [-0.15, -0.1) is 0 Å². The average molecular weight is 472 g/mol. The highest BCUT2D eigenvalue weighted by Crippen LogP contribution is 2.61. The molecule has 1 aromatic carbocycles. The molecular formula is C27H32F3N3O. The van der Waals surface area contributed by atoms with Crippen molar-refractivity contribution in [3.8, 4) is 6.07 Å². The number of Topliss-reactive ketones (excluding diaryl/α,β-unsaturated/α-hetero) is 1. The first-order valence-electron chi connectivity index (χ1n) is 12.2. The summed E-state index contributed by atoms with van der Waals surface area (Å²) in [5, 5.41) is 9.55. The van der Waals surface area contributed by atoms with E-state index in [2.05, 4.69) is 18.0 Å². The molecule has 1 heterocycles. The van der Waals surface area contributed by atoms with E-state index < -0.39 is 17.2 Å². The molecule has 2 fully saturated rings. The lowest BCUT2D eigenvalue weighted by molar-refractivity contribution is -0.237. The van der Waals surface area contributed by atoms with E-state index in [9.17, 15) is 23.2 Å². The highest BCUT2D eigenvalue weighted by atomic mass is 19.3. The van der Waals surface area contributed by atoms with Gasteiger partial charge in [-0.1, -0.05) is 26.8 Å². The third-order valence-corrected chi connectivity index (χ3v) is 8.52. The topological polar surface area (TPSA) is 58.7 Å². The van der Waals surface area contributed by atoms with Crippen molar-refractivity contribution in [2.45, 2.75) is 90.5 Å². The minimum atomic E-state index is -2.71. The van der Waals surface area contributed by atoms with Crippen molar-refractivity contribution in [1.82, 2.24) is 9.55 Å². The van der Waals surface area contributed by atoms with Crippen LogP contribution in [0.2, 0.25) is 0 Å². The van der Waals surface area contributed by atoms with Crippen LogP contribution in [-0.4, -0.2) is 21.3 Å². The Kier molecular flexibility index (Phi) is 6.16. The molecule has 1 aromatic heterocycles. The molecule has 2 unspecified atom stereocenters. The van der Waals surface area contributed by atoms with Crippen LogP contribution in [0.5, 0.6) is 0 Å². The maximum absolute atomic E-state index is 14.9. The number of imidazole rings is 1. The molecule has 2 saturated carbocycles. The first-order chi connectivity index (χ1) is 16.0. The van der Waals surface area contributed by atoms with Crippen molar-refractivity contribution >= 4 is 22.9 Å². The number of halogens is 3. The summed E-state index contributed by atoms with van der Waals surface area (Å²) in [6.07, 6.45) is 7.28. The molecular weight excluding hydrogens is 439 g/mol. The molecule has 4 nitrogen and oxygen atoms in total. The molecule has 2 aliphatic carbocycles. The first-order valence-corrected chi connectivity index (χ1v) is 12.2. The summed E-state index contributed by atoms with van der Waals surface area (Å²) in [6.45, 7) is 7.37. The highest BCUT2D eigenvalue weighted by Gasteiger charge is 2.63. The highest BCUT2D eigenvalue weighted by molar-refractivity contribution is 5.85. The van der Waals surface area contributed by atoms with Gasteiger partial charge < -0.3 is 4.57 Å². The molecule has 34 heavy (non-hydrogen) atoms. The summed E-state index contributed by atoms with van der Waals surface area (Å²) in [6, 6.07) is 3.36. The van der Waals surface area contributed by atoms with Crippen molar-refractivity contribution in [3.63, 3.8) is 0 Å². The molecule has 2 aliphatic rings. The van der Waals surface area contributed by atoms with Crippen LogP contribution in [-0.2, 0) is 16.8 Å². The average Bonchev–Trinajstić information content (AvgIpc) is 3.16. The number of hydrogen-bond acceptors (Lipinski definition) is 3. The fourth-order valence-corrected chi connectivity index (χ4v) is 5.75. The van der Waals surface area contributed by atoms with Gasteiger partial charge in [0, 0.05) is 30.2 Å². The van der Waals surface area contributed by atoms with Crippen LogP contribution in [0.4, 0.5) is 13.2 Å². The monoisotopic (exact) mass is 471 g/mol. The van der Waals surface area contributed by atoms with E-state index in [1.54, 1.807) is 26.0 Å². The van der Waals surface area contributed by atoms with Crippen LogP contribution in [0.15, 0.2) is 12.1 Å². The van der Waals surface area contributed by atoms with E-state index in [0.717, 1.165) is 24.8 Å². The maximum Gasteiger partial charge on any atom is 0.253 e. The lowest BCUT2D eigenvalue weighted by atomic mass is 9.55. The molecule has 2 aromatic rings. The number of carbonyl (C=O) groups excluding carboxylic acids is 1. The number of aryl methyl sites for hydroxylation is 1. The van der Waals surface area contributed by atoms with Crippen molar-refractivity contribution < 1.29 is 18.0 Å². The van der Waals surface area contributed by atoms with E-state index in [4.69, 9.17) is 0 Å². The second-order valence-electron chi connectivity index (χ2n) is 10.4. The molecule has 2 atom stereocenters. The number of ketones is 1. The number of alkyl halides is 2. The van der Waals surface area contributed by atoms with Gasteiger partial charge in [-0.3, -0.25) is 4.79 Å². The fraction of sp³-hybridized carbons (Fsp3) is 0.593. The Bertz CT molecular complexity index is 1200. The Morgan fingerprint density at radius 3 is 2.56 bits per heavy atom. The molecule has 0 N–H and O–H groups in total. The maximum atomic E-state index is 14.9. The van der Waals surface area contributed by atoms with E-state index >= 15 is 0 Å². The summed E-state index contributed by atoms with van der Waals surface area (Å²) < 4.78 is 45.0. The van der Waals surface area contributed by atoms with Gasteiger partial charge in [0.2, 0.25) is 0 Å². The van der Waals surface area contributed by atoms with E-state index in [-0.39, 0.29) is 42.0 Å². The Morgan fingerprint density at radius 2 is 2.03 bits per heavy atom. The number of benzene rings is 1. The van der Waals surface area contributed by atoms with Crippen molar-refractivity contribution in [2.24, 2.45) is 11.3 Å². The second-order valence-corrected chi connectivity index (χ2v) is 10.4. The lowest BCUT2D eigenvalue weighted by Crippen LogP contribution is -2.56. The zero-order valence-electron chi connectivity index (χ0n) is 20.4.